The Balaban J connectivity index is 2.02. The molecule has 18 heavy (non-hydrogen) atoms. The Kier molecular flexibility index (Phi) is 4.41. The molecule has 1 N–H and O–H groups in total. The van der Waals surface area contributed by atoms with E-state index in [0.29, 0.717) is 0 Å². The molecule has 2 heterocycles. The van der Waals surface area contributed by atoms with Gasteiger partial charge in [-0.25, -0.2) is 4.68 Å². The van der Waals surface area contributed by atoms with Crippen LogP contribution in [0.25, 0.3) is 0 Å². The third-order valence-corrected chi connectivity index (χ3v) is 3.07. The number of aromatic nitrogens is 4. The quantitative estimate of drug-likeness (QED) is 0.839. The molecular weight excluding hydrogens is 226 g/mol. The highest BCUT2D eigenvalue weighted by atomic mass is 15.4. The maximum absolute atomic E-state index is 4.34. The van der Waals surface area contributed by atoms with Gasteiger partial charge in [0.05, 0.1) is 17.9 Å². The highest BCUT2D eigenvalue weighted by Gasteiger charge is 2.14. The Bertz CT molecular complexity index is 465. The van der Waals surface area contributed by atoms with Gasteiger partial charge in [-0.05, 0) is 38.9 Å². The fraction of sp³-hybridized carbons (Fsp3) is 0.462. The van der Waals surface area contributed by atoms with Crippen LogP contribution in [0, 0.1) is 0 Å². The SMILES string of the molecule is CCn1nncc1C(CCc1ccccn1)NC. The Hall–Kier alpha value is -1.75. The largest absolute Gasteiger partial charge is 0.312 e. The van der Waals surface area contributed by atoms with E-state index >= 15 is 0 Å². The van der Waals surface area contributed by atoms with E-state index in [0.717, 1.165) is 30.8 Å². The van der Waals surface area contributed by atoms with E-state index in [1.807, 2.05) is 36.3 Å². The highest BCUT2D eigenvalue weighted by molar-refractivity contribution is 5.07. The summed E-state index contributed by atoms with van der Waals surface area (Å²) in [5.41, 5.74) is 2.25. The molecule has 96 valence electrons. The van der Waals surface area contributed by atoms with Gasteiger partial charge in [-0.3, -0.25) is 4.98 Å². The highest BCUT2D eigenvalue weighted by Crippen LogP contribution is 2.17. The minimum atomic E-state index is 0.266. The molecule has 0 aliphatic rings. The van der Waals surface area contributed by atoms with Crippen molar-refractivity contribution in [1.29, 1.82) is 0 Å². The summed E-state index contributed by atoms with van der Waals surface area (Å²) >= 11 is 0. The summed E-state index contributed by atoms with van der Waals surface area (Å²) in [5, 5.41) is 11.4. The Morgan fingerprint density at radius 2 is 2.28 bits per heavy atom. The van der Waals surface area contributed by atoms with Gasteiger partial charge in [0.1, 0.15) is 0 Å². The van der Waals surface area contributed by atoms with Crippen LogP contribution in [0.3, 0.4) is 0 Å². The Labute approximate surface area is 107 Å². The standard InChI is InChI=1S/C13H19N5/c1-3-18-13(10-16-17-18)12(14-2)8-7-11-6-4-5-9-15-11/h4-6,9-10,12,14H,3,7-8H2,1-2H3. The summed E-state index contributed by atoms with van der Waals surface area (Å²) in [5.74, 6) is 0. The summed E-state index contributed by atoms with van der Waals surface area (Å²) < 4.78 is 1.93. The lowest BCUT2D eigenvalue weighted by Crippen LogP contribution is -2.21. The second-order valence-corrected chi connectivity index (χ2v) is 4.18. The van der Waals surface area contributed by atoms with Crippen molar-refractivity contribution in [2.45, 2.75) is 32.4 Å². The number of nitrogens with zero attached hydrogens (tertiary/aromatic N) is 4. The van der Waals surface area contributed by atoms with Crippen LogP contribution in [0.4, 0.5) is 0 Å². The average Bonchev–Trinajstić information content (AvgIpc) is 2.89. The van der Waals surface area contributed by atoms with Gasteiger partial charge in [0.2, 0.25) is 0 Å². The first-order valence-corrected chi connectivity index (χ1v) is 6.30. The van der Waals surface area contributed by atoms with Crippen LogP contribution < -0.4 is 5.32 Å². The lowest BCUT2D eigenvalue weighted by Gasteiger charge is -2.16. The van der Waals surface area contributed by atoms with Crippen LogP contribution >= 0.6 is 0 Å². The molecule has 0 saturated carbocycles. The lowest BCUT2D eigenvalue weighted by atomic mass is 10.1. The molecule has 0 aliphatic carbocycles. The van der Waals surface area contributed by atoms with Crippen molar-refractivity contribution in [3.05, 3.63) is 42.0 Å². The Morgan fingerprint density at radius 3 is 2.94 bits per heavy atom. The van der Waals surface area contributed by atoms with Crippen molar-refractivity contribution in [3.8, 4) is 0 Å². The second-order valence-electron chi connectivity index (χ2n) is 4.18. The fourth-order valence-corrected chi connectivity index (χ4v) is 2.06. The second kappa shape index (κ2) is 6.26. The molecule has 2 aromatic rings. The first-order valence-electron chi connectivity index (χ1n) is 6.30. The van der Waals surface area contributed by atoms with Gasteiger partial charge in [-0.2, -0.15) is 0 Å². The molecule has 0 saturated heterocycles. The van der Waals surface area contributed by atoms with Gasteiger partial charge in [-0.15, -0.1) is 5.10 Å². The van der Waals surface area contributed by atoms with Gasteiger partial charge in [-0.1, -0.05) is 11.3 Å². The molecule has 0 aliphatic heterocycles. The molecule has 1 unspecified atom stereocenters. The van der Waals surface area contributed by atoms with E-state index in [1.165, 1.54) is 0 Å². The summed E-state index contributed by atoms with van der Waals surface area (Å²) in [6.07, 6.45) is 5.60. The van der Waals surface area contributed by atoms with Crippen molar-refractivity contribution in [2.24, 2.45) is 0 Å². The molecule has 2 aromatic heterocycles. The molecule has 0 aromatic carbocycles. The first-order chi connectivity index (χ1) is 8.85. The predicted molar refractivity (Wildman–Crippen MR) is 70.1 cm³/mol. The van der Waals surface area contributed by atoms with Crippen LogP contribution in [0.5, 0.6) is 0 Å². The van der Waals surface area contributed by atoms with E-state index in [4.69, 9.17) is 0 Å². The topological polar surface area (TPSA) is 55.6 Å². The van der Waals surface area contributed by atoms with Gasteiger partial charge in [0.15, 0.2) is 0 Å². The number of hydrogen-bond donors (Lipinski definition) is 1. The number of aryl methyl sites for hydroxylation is 2. The minimum Gasteiger partial charge on any atom is -0.312 e. The zero-order chi connectivity index (χ0) is 12.8. The minimum absolute atomic E-state index is 0.266. The molecule has 0 radical (unpaired) electrons. The van der Waals surface area contributed by atoms with Crippen LogP contribution in [-0.2, 0) is 13.0 Å². The molecular formula is C13H19N5. The van der Waals surface area contributed by atoms with Crippen molar-refractivity contribution in [3.63, 3.8) is 0 Å². The van der Waals surface area contributed by atoms with Gasteiger partial charge in [0, 0.05) is 18.4 Å². The van der Waals surface area contributed by atoms with Gasteiger partial charge < -0.3 is 5.32 Å². The number of pyridine rings is 1. The average molecular weight is 245 g/mol. The van der Waals surface area contributed by atoms with Crippen molar-refractivity contribution >= 4 is 0 Å². The van der Waals surface area contributed by atoms with Crippen molar-refractivity contribution < 1.29 is 0 Å². The van der Waals surface area contributed by atoms with E-state index in [9.17, 15) is 0 Å². The summed E-state index contributed by atoms with van der Waals surface area (Å²) in [7, 11) is 1.97. The fourth-order valence-electron chi connectivity index (χ4n) is 2.06. The van der Waals surface area contributed by atoms with Gasteiger partial charge in [0.25, 0.3) is 0 Å². The number of nitrogens with one attached hydrogen (secondary N) is 1. The molecule has 0 amide bonds. The first kappa shape index (κ1) is 12.7. The number of hydrogen-bond acceptors (Lipinski definition) is 4. The Morgan fingerprint density at radius 1 is 1.39 bits per heavy atom. The molecule has 2 rings (SSSR count). The molecule has 1 atom stereocenters. The molecule has 5 heteroatoms. The van der Waals surface area contributed by atoms with Crippen LogP contribution in [0.1, 0.15) is 30.8 Å². The zero-order valence-electron chi connectivity index (χ0n) is 10.9. The zero-order valence-corrected chi connectivity index (χ0v) is 10.9. The maximum atomic E-state index is 4.34. The van der Waals surface area contributed by atoms with E-state index in [-0.39, 0.29) is 6.04 Å². The third-order valence-electron chi connectivity index (χ3n) is 3.07. The molecule has 0 fully saturated rings. The monoisotopic (exact) mass is 245 g/mol. The van der Waals surface area contributed by atoms with Crippen LogP contribution in [0.15, 0.2) is 30.6 Å². The van der Waals surface area contributed by atoms with Gasteiger partial charge >= 0.3 is 0 Å². The normalized spacial score (nSPS) is 12.6. The van der Waals surface area contributed by atoms with Crippen LogP contribution in [0.2, 0.25) is 0 Å². The predicted octanol–water partition coefficient (Wildman–Crippen LogP) is 1.59. The molecule has 0 spiro atoms. The maximum Gasteiger partial charge on any atom is 0.0756 e. The number of rotatable bonds is 6. The lowest BCUT2D eigenvalue weighted by molar-refractivity contribution is 0.484. The van der Waals surface area contributed by atoms with Crippen molar-refractivity contribution in [1.82, 2.24) is 25.3 Å². The third kappa shape index (κ3) is 2.92. The summed E-state index contributed by atoms with van der Waals surface area (Å²) in [4.78, 5) is 4.34. The van der Waals surface area contributed by atoms with E-state index in [2.05, 4.69) is 33.6 Å². The molecule has 5 nitrogen and oxygen atoms in total. The van der Waals surface area contributed by atoms with E-state index < -0.39 is 0 Å². The molecule has 0 bridgehead atoms. The van der Waals surface area contributed by atoms with Crippen LogP contribution in [-0.4, -0.2) is 27.0 Å². The summed E-state index contributed by atoms with van der Waals surface area (Å²) in [6.45, 7) is 2.92. The smallest absolute Gasteiger partial charge is 0.0756 e. The summed E-state index contributed by atoms with van der Waals surface area (Å²) in [6, 6.07) is 6.29. The van der Waals surface area contributed by atoms with E-state index in [1.54, 1.807) is 0 Å². The van der Waals surface area contributed by atoms with Crippen molar-refractivity contribution in [2.75, 3.05) is 7.05 Å².